The number of hydrogen-bond donors (Lipinski definition) is 2. The predicted molar refractivity (Wildman–Crippen MR) is 116 cm³/mol. The number of thiophene rings is 1. The maximum atomic E-state index is 13.1. The van der Waals surface area contributed by atoms with Crippen molar-refractivity contribution in [3.8, 4) is 5.75 Å². The third-order valence-electron chi connectivity index (χ3n) is 4.81. The lowest BCUT2D eigenvalue weighted by Crippen LogP contribution is -2.16. The number of aromatic nitrogens is 1. The lowest BCUT2D eigenvalue weighted by molar-refractivity contribution is 0.0993. The summed E-state index contributed by atoms with van der Waals surface area (Å²) in [6.07, 6.45) is -0.0316. The summed E-state index contributed by atoms with van der Waals surface area (Å²) in [6, 6.07) is 3.24. The third kappa shape index (κ3) is 4.10. The van der Waals surface area contributed by atoms with Gasteiger partial charge in [-0.2, -0.15) is 0 Å². The second kappa shape index (κ2) is 8.05. The third-order valence-corrected chi connectivity index (χ3v) is 7.83. The quantitative estimate of drug-likeness (QED) is 0.500. The SMILES string of the molecule is Cc1cc(S(=O)(=O)Nc2onc(C)c2Cl)c(C(=O)Cc2c(C)cc(C)c(O)c2C)s1. The van der Waals surface area contributed by atoms with Crippen LogP contribution in [0.25, 0.3) is 0 Å². The molecule has 0 aliphatic carbocycles. The number of phenols is 1. The molecule has 0 amide bonds. The van der Waals surface area contributed by atoms with Crippen LogP contribution in [0.5, 0.6) is 5.75 Å². The van der Waals surface area contributed by atoms with E-state index in [-0.39, 0.29) is 38.6 Å². The molecule has 0 unspecified atom stereocenters. The van der Waals surface area contributed by atoms with Crippen molar-refractivity contribution in [1.82, 2.24) is 5.16 Å². The minimum absolute atomic E-state index is 0.0316. The Labute approximate surface area is 183 Å². The van der Waals surface area contributed by atoms with E-state index >= 15 is 0 Å². The number of ketones is 1. The number of benzene rings is 1. The number of halogens is 1. The molecule has 3 aromatic rings. The number of aromatic hydroxyl groups is 1. The Bertz CT molecular complexity index is 1260. The van der Waals surface area contributed by atoms with Crippen LogP contribution in [-0.2, 0) is 16.4 Å². The van der Waals surface area contributed by atoms with Crippen molar-refractivity contribution in [3.05, 3.63) is 54.9 Å². The molecule has 2 heterocycles. The van der Waals surface area contributed by atoms with E-state index in [0.29, 0.717) is 21.7 Å². The Morgan fingerprint density at radius 1 is 1.20 bits per heavy atom. The van der Waals surface area contributed by atoms with Gasteiger partial charge in [0.05, 0.1) is 4.88 Å². The number of Topliss-reactive ketones (excluding diaryl/α,β-unsaturated/α-hetero) is 1. The van der Waals surface area contributed by atoms with Crippen LogP contribution in [0.15, 0.2) is 21.6 Å². The van der Waals surface area contributed by atoms with Gasteiger partial charge < -0.3 is 9.63 Å². The van der Waals surface area contributed by atoms with Crippen molar-refractivity contribution in [3.63, 3.8) is 0 Å². The minimum atomic E-state index is -4.13. The maximum absolute atomic E-state index is 13.1. The van der Waals surface area contributed by atoms with Crippen LogP contribution in [0, 0.1) is 34.6 Å². The Morgan fingerprint density at radius 3 is 2.47 bits per heavy atom. The molecule has 0 spiro atoms. The zero-order valence-corrected chi connectivity index (χ0v) is 19.5. The molecule has 0 saturated heterocycles. The Kier molecular flexibility index (Phi) is 5.99. The second-order valence-corrected chi connectivity index (χ2v) is 10.4. The average molecular weight is 469 g/mol. The molecule has 0 aliphatic rings. The van der Waals surface area contributed by atoms with E-state index in [0.717, 1.165) is 22.5 Å². The zero-order chi connectivity index (χ0) is 22.4. The van der Waals surface area contributed by atoms with Crippen LogP contribution in [0.1, 0.15) is 42.5 Å². The molecule has 10 heteroatoms. The fraction of sp³-hybridized carbons (Fsp3) is 0.300. The molecule has 0 fully saturated rings. The minimum Gasteiger partial charge on any atom is -0.507 e. The van der Waals surface area contributed by atoms with E-state index < -0.39 is 10.0 Å². The van der Waals surface area contributed by atoms with Gasteiger partial charge in [0.2, 0.25) is 0 Å². The van der Waals surface area contributed by atoms with Gasteiger partial charge in [-0.15, -0.1) is 11.3 Å². The first kappa shape index (κ1) is 22.3. The number of aryl methyl sites for hydroxylation is 4. The first-order valence-electron chi connectivity index (χ1n) is 8.99. The molecule has 0 bridgehead atoms. The highest BCUT2D eigenvalue weighted by molar-refractivity contribution is 7.93. The number of anilines is 1. The zero-order valence-electron chi connectivity index (χ0n) is 17.1. The highest BCUT2D eigenvalue weighted by atomic mass is 35.5. The average Bonchev–Trinajstić information content (AvgIpc) is 3.21. The molecule has 2 N–H and O–H groups in total. The van der Waals surface area contributed by atoms with Gasteiger partial charge in [0.15, 0.2) is 5.78 Å². The Morgan fingerprint density at radius 2 is 1.87 bits per heavy atom. The highest BCUT2D eigenvalue weighted by Gasteiger charge is 2.28. The smallest absolute Gasteiger partial charge is 0.265 e. The molecule has 30 heavy (non-hydrogen) atoms. The number of sulfonamides is 1. The molecule has 0 saturated carbocycles. The summed E-state index contributed by atoms with van der Waals surface area (Å²) in [4.78, 5) is 13.7. The number of phenolic OH excluding ortho intramolecular Hbond substituents is 1. The maximum Gasteiger partial charge on any atom is 0.265 e. The van der Waals surface area contributed by atoms with Crippen LogP contribution in [0.3, 0.4) is 0 Å². The Hall–Kier alpha value is -2.36. The Balaban J connectivity index is 1.98. The monoisotopic (exact) mass is 468 g/mol. The number of hydrogen-bond acceptors (Lipinski definition) is 7. The summed E-state index contributed by atoms with van der Waals surface area (Å²) >= 11 is 7.11. The molecule has 0 atom stereocenters. The number of rotatable bonds is 6. The fourth-order valence-corrected chi connectivity index (χ4v) is 5.94. The van der Waals surface area contributed by atoms with Gasteiger partial charge in [0.25, 0.3) is 15.9 Å². The first-order valence-corrected chi connectivity index (χ1v) is 11.7. The second-order valence-electron chi connectivity index (χ2n) is 7.13. The van der Waals surface area contributed by atoms with Gasteiger partial charge in [-0.25, -0.2) is 13.1 Å². The van der Waals surface area contributed by atoms with Crippen LogP contribution >= 0.6 is 22.9 Å². The molecule has 0 aliphatic heterocycles. The van der Waals surface area contributed by atoms with Gasteiger partial charge >= 0.3 is 0 Å². The van der Waals surface area contributed by atoms with Gasteiger partial charge in [-0.1, -0.05) is 22.8 Å². The van der Waals surface area contributed by atoms with Gasteiger partial charge in [0, 0.05) is 11.3 Å². The summed E-state index contributed by atoms with van der Waals surface area (Å²) in [5.41, 5.74) is 3.22. The summed E-state index contributed by atoms with van der Waals surface area (Å²) in [5.74, 6) is -0.426. The lowest BCUT2D eigenvalue weighted by atomic mass is 9.94. The highest BCUT2D eigenvalue weighted by Crippen LogP contribution is 2.33. The summed E-state index contributed by atoms with van der Waals surface area (Å²) < 4.78 is 33.1. The lowest BCUT2D eigenvalue weighted by Gasteiger charge is -2.13. The number of nitrogens with zero attached hydrogens (tertiary/aromatic N) is 1. The fourth-order valence-electron chi connectivity index (χ4n) is 3.21. The van der Waals surface area contributed by atoms with E-state index in [2.05, 4.69) is 9.88 Å². The van der Waals surface area contributed by atoms with E-state index in [1.165, 1.54) is 6.07 Å². The van der Waals surface area contributed by atoms with E-state index in [1.54, 1.807) is 33.8 Å². The van der Waals surface area contributed by atoms with E-state index in [1.807, 2.05) is 6.92 Å². The van der Waals surface area contributed by atoms with Crippen LogP contribution in [-0.4, -0.2) is 24.5 Å². The number of nitrogens with one attached hydrogen (secondary N) is 1. The van der Waals surface area contributed by atoms with Crippen molar-refractivity contribution in [2.45, 2.75) is 45.9 Å². The van der Waals surface area contributed by atoms with Crippen LogP contribution in [0.4, 0.5) is 5.88 Å². The van der Waals surface area contributed by atoms with Crippen molar-refractivity contribution < 1.29 is 22.8 Å². The van der Waals surface area contributed by atoms with Crippen molar-refractivity contribution in [2.75, 3.05) is 4.72 Å². The van der Waals surface area contributed by atoms with E-state index in [4.69, 9.17) is 16.1 Å². The molecule has 0 radical (unpaired) electrons. The number of carbonyl (C=O) groups excluding carboxylic acids is 1. The van der Waals surface area contributed by atoms with E-state index in [9.17, 15) is 18.3 Å². The van der Waals surface area contributed by atoms with Crippen molar-refractivity contribution >= 4 is 44.6 Å². The molecular formula is C20H21ClN2O5S2. The summed E-state index contributed by atoms with van der Waals surface area (Å²) in [7, 11) is -4.13. The molecule has 3 rings (SSSR count). The van der Waals surface area contributed by atoms with Gasteiger partial charge in [0.1, 0.15) is 21.4 Å². The van der Waals surface area contributed by atoms with Crippen LogP contribution < -0.4 is 4.72 Å². The molecule has 2 aromatic heterocycles. The van der Waals surface area contributed by atoms with Crippen molar-refractivity contribution in [1.29, 1.82) is 0 Å². The summed E-state index contributed by atoms with van der Waals surface area (Å²) in [5, 5.41) is 13.9. The molecular weight excluding hydrogens is 448 g/mol. The number of carbonyl (C=O) groups is 1. The topological polar surface area (TPSA) is 110 Å². The van der Waals surface area contributed by atoms with Crippen molar-refractivity contribution in [2.24, 2.45) is 0 Å². The molecule has 7 nitrogen and oxygen atoms in total. The molecule has 1 aromatic carbocycles. The normalized spacial score (nSPS) is 11.7. The predicted octanol–water partition coefficient (Wildman–Crippen LogP) is 4.86. The summed E-state index contributed by atoms with van der Waals surface area (Å²) in [6.45, 7) is 8.69. The molecule has 160 valence electrons. The standard InChI is InChI=1S/C20H21ClN2O5S2/c1-9-6-10(2)18(25)12(4)14(9)8-15(24)19-16(7-11(3)29-19)30(26,27)23-20-17(21)13(5)22-28-20/h6-7,23,25H,8H2,1-5H3. The van der Waals surface area contributed by atoms with Crippen LogP contribution in [0.2, 0.25) is 5.02 Å². The van der Waals surface area contributed by atoms with Gasteiger partial charge in [-0.05, 0) is 62.9 Å². The van der Waals surface area contributed by atoms with Gasteiger partial charge in [-0.3, -0.25) is 4.79 Å². The largest absolute Gasteiger partial charge is 0.507 e. The first-order chi connectivity index (χ1) is 13.9.